The van der Waals surface area contributed by atoms with Gasteiger partial charge in [0, 0.05) is 18.1 Å². The third-order valence-corrected chi connectivity index (χ3v) is 2.96. The first-order valence-electron chi connectivity index (χ1n) is 6.12. The number of aromatic nitrogens is 1. The minimum Gasteiger partial charge on any atom is -0.481 e. The summed E-state index contributed by atoms with van der Waals surface area (Å²) in [6, 6.07) is 10.1. The Balaban J connectivity index is 2.08. The predicted octanol–water partition coefficient (Wildman–Crippen LogP) is 2.52. The van der Waals surface area contributed by atoms with Gasteiger partial charge >= 0.3 is 5.97 Å². The Bertz CT molecular complexity index is 609. The molecule has 1 atom stereocenters. The van der Waals surface area contributed by atoms with Crippen LogP contribution in [0, 0.1) is 0 Å². The summed E-state index contributed by atoms with van der Waals surface area (Å²) in [5, 5.41) is 11.6. The van der Waals surface area contributed by atoms with Crippen LogP contribution in [0.25, 0.3) is 0 Å². The Hall–Kier alpha value is -2.69. The number of carbonyl (C=O) groups is 2. The normalized spacial score (nSPS) is 11.7. The largest absolute Gasteiger partial charge is 0.481 e. The summed E-state index contributed by atoms with van der Waals surface area (Å²) in [7, 11) is 0. The molecule has 0 aliphatic rings. The number of hydrogen-bond acceptors (Lipinski definition) is 3. The van der Waals surface area contributed by atoms with E-state index in [1.807, 2.05) is 0 Å². The second-order valence-corrected chi connectivity index (χ2v) is 4.38. The standard InChI is InChI=1S/C15H14N2O3/c1-10(15(19)20)11-4-6-13(7-5-11)17-14(18)12-3-2-8-16-9-12/h2-10H,1H3,(H,17,18)(H,19,20). The molecular weight excluding hydrogens is 256 g/mol. The summed E-state index contributed by atoms with van der Waals surface area (Å²) in [6.07, 6.45) is 3.08. The van der Waals surface area contributed by atoms with Crippen LogP contribution in [0.4, 0.5) is 5.69 Å². The highest BCUT2D eigenvalue weighted by Crippen LogP contribution is 2.18. The average Bonchev–Trinajstić information content (AvgIpc) is 2.48. The molecule has 1 aromatic heterocycles. The number of benzene rings is 1. The smallest absolute Gasteiger partial charge is 0.310 e. The number of amides is 1. The van der Waals surface area contributed by atoms with Crippen LogP contribution in [0.3, 0.4) is 0 Å². The van der Waals surface area contributed by atoms with Crippen molar-refractivity contribution >= 4 is 17.6 Å². The molecule has 0 aliphatic carbocycles. The highest BCUT2D eigenvalue weighted by molar-refractivity contribution is 6.04. The molecule has 0 saturated carbocycles. The molecule has 0 spiro atoms. The number of hydrogen-bond donors (Lipinski definition) is 2. The molecule has 0 saturated heterocycles. The molecule has 0 fully saturated rings. The predicted molar refractivity (Wildman–Crippen MR) is 74.7 cm³/mol. The van der Waals surface area contributed by atoms with Gasteiger partial charge in [0.25, 0.3) is 5.91 Å². The Morgan fingerprint density at radius 3 is 2.45 bits per heavy atom. The highest BCUT2D eigenvalue weighted by atomic mass is 16.4. The number of carbonyl (C=O) groups excluding carboxylic acids is 1. The van der Waals surface area contributed by atoms with Crippen molar-refractivity contribution in [3.8, 4) is 0 Å². The Morgan fingerprint density at radius 1 is 1.20 bits per heavy atom. The van der Waals surface area contributed by atoms with Gasteiger partial charge in [0.1, 0.15) is 0 Å². The molecule has 102 valence electrons. The van der Waals surface area contributed by atoms with Crippen LogP contribution in [0.2, 0.25) is 0 Å². The Morgan fingerprint density at radius 2 is 1.90 bits per heavy atom. The fraction of sp³-hybridized carbons (Fsp3) is 0.133. The third-order valence-electron chi connectivity index (χ3n) is 2.96. The van der Waals surface area contributed by atoms with Crippen molar-refractivity contribution in [3.05, 3.63) is 59.9 Å². The van der Waals surface area contributed by atoms with E-state index in [1.165, 1.54) is 6.20 Å². The summed E-state index contributed by atoms with van der Waals surface area (Å²) in [4.78, 5) is 26.6. The number of carboxylic acids is 1. The van der Waals surface area contributed by atoms with E-state index < -0.39 is 11.9 Å². The number of carboxylic acid groups (broad SMARTS) is 1. The van der Waals surface area contributed by atoms with Crippen molar-refractivity contribution in [2.45, 2.75) is 12.8 Å². The third kappa shape index (κ3) is 3.20. The maximum absolute atomic E-state index is 11.9. The molecule has 0 radical (unpaired) electrons. The maximum atomic E-state index is 11.9. The minimum atomic E-state index is -0.878. The van der Waals surface area contributed by atoms with Gasteiger partial charge in [-0.05, 0) is 36.8 Å². The van der Waals surface area contributed by atoms with E-state index in [2.05, 4.69) is 10.3 Å². The van der Waals surface area contributed by atoms with E-state index in [1.54, 1.807) is 49.5 Å². The highest BCUT2D eigenvalue weighted by Gasteiger charge is 2.13. The lowest BCUT2D eigenvalue weighted by Crippen LogP contribution is -2.12. The molecule has 2 N–H and O–H groups in total. The van der Waals surface area contributed by atoms with Gasteiger partial charge in [-0.3, -0.25) is 14.6 Å². The summed E-state index contributed by atoms with van der Waals surface area (Å²) in [5.41, 5.74) is 1.77. The molecule has 0 aliphatic heterocycles. The minimum absolute atomic E-state index is 0.253. The van der Waals surface area contributed by atoms with Gasteiger partial charge < -0.3 is 10.4 Å². The summed E-state index contributed by atoms with van der Waals surface area (Å²) in [6.45, 7) is 1.62. The zero-order chi connectivity index (χ0) is 14.5. The first-order valence-corrected chi connectivity index (χ1v) is 6.12. The van der Waals surface area contributed by atoms with Gasteiger partial charge in [0.2, 0.25) is 0 Å². The molecule has 1 heterocycles. The van der Waals surface area contributed by atoms with Crippen molar-refractivity contribution in [2.24, 2.45) is 0 Å². The lowest BCUT2D eigenvalue weighted by molar-refractivity contribution is -0.138. The van der Waals surface area contributed by atoms with Gasteiger partial charge in [-0.2, -0.15) is 0 Å². The molecule has 1 unspecified atom stereocenters. The topological polar surface area (TPSA) is 79.3 Å². The van der Waals surface area contributed by atoms with Gasteiger partial charge in [0.15, 0.2) is 0 Å². The molecule has 5 nitrogen and oxygen atoms in total. The van der Waals surface area contributed by atoms with Crippen LogP contribution in [-0.4, -0.2) is 22.0 Å². The molecular formula is C15H14N2O3. The Labute approximate surface area is 116 Å². The lowest BCUT2D eigenvalue weighted by Gasteiger charge is -2.09. The number of aliphatic carboxylic acids is 1. The lowest BCUT2D eigenvalue weighted by atomic mass is 10.0. The van der Waals surface area contributed by atoms with Crippen molar-refractivity contribution in [1.29, 1.82) is 0 Å². The van der Waals surface area contributed by atoms with E-state index in [0.717, 1.165) is 0 Å². The van der Waals surface area contributed by atoms with Gasteiger partial charge in [0.05, 0.1) is 11.5 Å². The Kier molecular flexibility index (Phi) is 4.10. The first-order chi connectivity index (χ1) is 9.58. The molecule has 20 heavy (non-hydrogen) atoms. The van der Waals surface area contributed by atoms with E-state index in [9.17, 15) is 9.59 Å². The van der Waals surface area contributed by atoms with Crippen LogP contribution in [0.1, 0.15) is 28.8 Å². The zero-order valence-electron chi connectivity index (χ0n) is 10.9. The van der Waals surface area contributed by atoms with Crippen LogP contribution < -0.4 is 5.32 Å². The average molecular weight is 270 g/mol. The molecule has 5 heteroatoms. The quantitative estimate of drug-likeness (QED) is 0.894. The van der Waals surface area contributed by atoms with Gasteiger partial charge in [-0.15, -0.1) is 0 Å². The molecule has 2 rings (SSSR count). The van der Waals surface area contributed by atoms with E-state index in [4.69, 9.17) is 5.11 Å². The number of rotatable bonds is 4. The van der Waals surface area contributed by atoms with E-state index in [-0.39, 0.29) is 5.91 Å². The van der Waals surface area contributed by atoms with Crippen molar-refractivity contribution in [2.75, 3.05) is 5.32 Å². The fourth-order valence-corrected chi connectivity index (χ4v) is 1.70. The van der Waals surface area contributed by atoms with Crippen LogP contribution in [0.5, 0.6) is 0 Å². The van der Waals surface area contributed by atoms with Crippen molar-refractivity contribution in [1.82, 2.24) is 4.98 Å². The van der Waals surface area contributed by atoms with Gasteiger partial charge in [-0.1, -0.05) is 12.1 Å². The fourth-order valence-electron chi connectivity index (χ4n) is 1.70. The number of nitrogens with zero attached hydrogens (tertiary/aromatic N) is 1. The molecule has 1 amide bonds. The number of nitrogens with one attached hydrogen (secondary N) is 1. The summed E-state index contributed by atoms with van der Waals surface area (Å²) < 4.78 is 0. The van der Waals surface area contributed by atoms with E-state index in [0.29, 0.717) is 16.8 Å². The molecule has 0 bridgehead atoms. The monoisotopic (exact) mass is 270 g/mol. The number of pyridine rings is 1. The SMILES string of the molecule is CC(C(=O)O)c1ccc(NC(=O)c2cccnc2)cc1. The second-order valence-electron chi connectivity index (χ2n) is 4.38. The number of anilines is 1. The summed E-state index contributed by atoms with van der Waals surface area (Å²) in [5.74, 6) is -1.70. The van der Waals surface area contributed by atoms with Crippen LogP contribution >= 0.6 is 0 Å². The van der Waals surface area contributed by atoms with Crippen LogP contribution in [-0.2, 0) is 4.79 Å². The maximum Gasteiger partial charge on any atom is 0.310 e. The summed E-state index contributed by atoms with van der Waals surface area (Å²) >= 11 is 0. The zero-order valence-corrected chi connectivity index (χ0v) is 10.9. The van der Waals surface area contributed by atoms with Crippen LogP contribution in [0.15, 0.2) is 48.8 Å². The molecule has 1 aromatic carbocycles. The van der Waals surface area contributed by atoms with Gasteiger partial charge in [-0.25, -0.2) is 0 Å². The van der Waals surface area contributed by atoms with Crippen molar-refractivity contribution < 1.29 is 14.7 Å². The second kappa shape index (κ2) is 5.97. The first kappa shape index (κ1) is 13.7. The van der Waals surface area contributed by atoms with Crippen molar-refractivity contribution in [3.63, 3.8) is 0 Å². The molecule has 2 aromatic rings. The van der Waals surface area contributed by atoms with E-state index >= 15 is 0 Å².